The molecule has 4 nitrogen and oxygen atoms in total. The van der Waals surface area contributed by atoms with E-state index < -0.39 is 10.0 Å². The maximum atomic E-state index is 12.4. The zero-order valence-electron chi connectivity index (χ0n) is 12.7. The van der Waals surface area contributed by atoms with Crippen molar-refractivity contribution in [2.24, 2.45) is 11.7 Å². The van der Waals surface area contributed by atoms with Gasteiger partial charge in [0.1, 0.15) is 0 Å². The lowest BCUT2D eigenvalue weighted by Gasteiger charge is -2.26. The highest BCUT2D eigenvalue weighted by Gasteiger charge is 2.23. The van der Waals surface area contributed by atoms with Crippen LogP contribution in [0.15, 0.2) is 29.2 Å². The van der Waals surface area contributed by atoms with Gasteiger partial charge in [0.2, 0.25) is 10.0 Å². The first-order valence-corrected chi connectivity index (χ1v) is 9.31. The molecule has 118 valence electrons. The molecule has 2 rings (SSSR count). The third-order valence-electron chi connectivity index (χ3n) is 4.24. The van der Waals surface area contributed by atoms with Crippen LogP contribution in [0.4, 0.5) is 0 Å². The van der Waals surface area contributed by atoms with Gasteiger partial charge in [0.25, 0.3) is 0 Å². The van der Waals surface area contributed by atoms with Crippen LogP contribution in [0.3, 0.4) is 0 Å². The van der Waals surface area contributed by atoms with Crippen molar-refractivity contribution in [1.82, 2.24) is 4.72 Å². The van der Waals surface area contributed by atoms with Crippen molar-refractivity contribution >= 4 is 10.0 Å². The first-order chi connectivity index (χ1) is 10.0. The summed E-state index contributed by atoms with van der Waals surface area (Å²) in [7, 11) is -3.39. The quantitative estimate of drug-likeness (QED) is 0.847. The molecule has 1 aromatic carbocycles. The van der Waals surface area contributed by atoms with Gasteiger partial charge in [0.15, 0.2) is 0 Å². The summed E-state index contributed by atoms with van der Waals surface area (Å²) in [6.07, 6.45) is 5.90. The Morgan fingerprint density at radius 1 is 1.14 bits per heavy atom. The van der Waals surface area contributed by atoms with E-state index in [1.165, 1.54) is 0 Å². The Balaban J connectivity index is 1.98. The highest BCUT2D eigenvalue weighted by molar-refractivity contribution is 7.89. The molecule has 3 N–H and O–H groups in total. The lowest BCUT2D eigenvalue weighted by atomic mass is 9.88. The van der Waals surface area contributed by atoms with E-state index in [0.717, 1.165) is 44.1 Å². The summed E-state index contributed by atoms with van der Waals surface area (Å²) >= 11 is 0. The molecule has 1 aromatic rings. The second-order valence-electron chi connectivity index (χ2n) is 6.11. The maximum absolute atomic E-state index is 12.4. The van der Waals surface area contributed by atoms with Crippen LogP contribution in [0.25, 0.3) is 0 Å². The van der Waals surface area contributed by atoms with Gasteiger partial charge in [-0.05, 0) is 68.7 Å². The van der Waals surface area contributed by atoms with Gasteiger partial charge in [-0.1, -0.05) is 19.1 Å². The number of nitrogens with one attached hydrogen (secondary N) is 1. The lowest BCUT2D eigenvalue weighted by Crippen LogP contribution is -2.37. The predicted octanol–water partition coefficient (Wildman–Crippen LogP) is 2.43. The average molecular weight is 310 g/mol. The number of aryl methyl sites for hydroxylation is 1. The summed E-state index contributed by atoms with van der Waals surface area (Å²) < 4.78 is 27.6. The van der Waals surface area contributed by atoms with E-state index in [-0.39, 0.29) is 6.04 Å². The average Bonchev–Trinajstić information content (AvgIpc) is 2.48. The standard InChI is InChI=1S/C16H26N2O2S/c1-13-4-8-15(9-5-13)18-21(19,20)16-10-6-14(7-11-16)3-2-12-17/h6-7,10-11,13,15,18H,2-5,8-9,12,17H2,1H3. The second-order valence-corrected chi connectivity index (χ2v) is 7.83. The molecule has 0 aliphatic heterocycles. The molecule has 0 atom stereocenters. The first kappa shape index (κ1) is 16.5. The number of benzene rings is 1. The van der Waals surface area contributed by atoms with E-state index in [1.54, 1.807) is 12.1 Å². The van der Waals surface area contributed by atoms with Crippen LogP contribution >= 0.6 is 0 Å². The summed E-state index contributed by atoms with van der Waals surface area (Å²) in [5, 5.41) is 0. The molecule has 0 aromatic heterocycles. The third kappa shape index (κ3) is 4.80. The zero-order chi connectivity index (χ0) is 15.3. The molecule has 1 aliphatic carbocycles. The van der Waals surface area contributed by atoms with Crippen molar-refractivity contribution in [3.63, 3.8) is 0 Å². The second kappa shape index (κ2) is 7.38. The molecule has 0 saturated heterocycles. The molecule has 1 saturated carbocycles. The molecule has 5 heteroatoms. The van der Waals surface area contributed by atoms with E-state index in [2.05, 4.69) is 11.6 Å². The minimum atomic E-state index is -3.39. The van der Waals surface area contributed by atoms with Crippen LogP contribution in [0.2, 0.25) is 0 Å². The normalized spacial score (nSPS) is 23.1. The Labute approximate surface area is 128 Å². The van der Waals surface area contributed by atoms with E-state index in [1.807, 2.05) is 12.1 Å². The molecule has 0 heterocycles. The Morgan fingerprint density at radius 2 is 1.76 bits per heavy atom. The summed E-state index contributed by atoms with van der Waals surface area (Å²) in [5.41, 5.74) is 6.61. The van der Waals surface area contributed by atoms with Crippen molar-refractivity contribution < 1.29 is 8.42 Å². The summed E-state index contributed by atoms with van der Waals surface area (Å²) in [5.74, 6) is 0.715. The van der Waals surface area contributed by atoms with Crippen LogP contribution < -0.4 is 10.5 Å². The van der Waals surface area contributed by atoms with Gasteiger partial charge >= 0.3 is 0 Å². The minimum Gasteiger partial charge on any atom is -0.330 e. The SMILES string of the molecule is CC1CCC(NS(=O)(=O)c2ccc(CCCN)cc2)CC1. The van der Waals surface area contributed by atoms with Crippen molar-refractivity contribution in [1.29, 1.82) is 0 Å². The summed E-state index contributed by atoms with van der Waals surface area (Å²) in [6, 6.07) is 7.24. The number of hydrogen-bond donors (Lipinski definition) is 2. The Bertz CT molecular complexity index is 532. The Hall–Kier alpha value is -0.910. The maximum Gasteiger partial charge on any atom is 0.240 e. The monoisotopic (exact) mass is 310 g/mol. The Kier molecular flexibility index (Phi) is 5.79. The van der Waals surface area contributed by atoms with Gasteiger partial charge in [-0.15, -0.1) is 0 Å². The highest BCUT2D eigenvalue weighted by Crippen LogP contribution is 2.24. The molecule has 1 fully saturated rings. The van der Waals surface area contributed by atoms with E-state index in [0.29, 0.717) is 17.4 Å². The van der Waals surface area contributed by atoms with Crippen LogP contribution in [-0.2, 0) is 16.4 Å². The van der Waals surface area contributed by atoms with Gasteiger partial charge < -0.3 is 5.73 Å². The first-order valence-electron chi connectivity index (χ1n) is 7.82. The largest absolute Gasteiger partial charge is 0.330 e. The van der Waals surface area contributed by atoms with Crippen LogP contribution in [-0.4, -0.2) is 21.0 Å². The molecule has 0 amide bonds. The number of sulfonamides is 1. The fraction of sp³-hybridized carbons (Fsp3) is 0.625. The van der Waals surface area contributed by atoms with Crippen LogP contribution in [0.1, 0.15) is 44.6 Å². The predicted molar refractivity (Wildman–Crippen MR) is 85.6 cm³/mol. The van der Waals surface area contributed by atoms with Gasteiger partial charge in [-0.3, -0.25) is 0 Å². The van der Waals surface area contributed by atoms with Gasteiger partial charge in [0, 0.05) is 6.04 Å². The van der Waals surface area contributed by atoms with Gasteiger partial charge in [-0.2, -0.15) is 0 Å². The molecule has 0 spiro atoms. The van der Waals surface area contributed by atoms with Gasteiger partial charge in [-0.25, -0.2) is 13.1 Å². The molecule has 0 bridgehead atoms. The van der Waals surface area contributed by atoms with Crippen LogP contribution in [0.5, 0.6) is 0 Å². The van der Waals surface area contributed by atoms with E-state index in [4.69, 9.17) is 5.73 Å². The molecule has 21 heavy (non-hydrogen) atoms. The smallest absolute Gasteiger partial charge is 0.240 e. The van der Waals surface area contributed by atoms with Crippen molar-refractivity contribution in [2.45, 2.75) is 56.4 Å². The molecule has 1 aliphatic rings. The molecular formula is C16H26N2O2S. The zero-order valence-corrected chi connectivity index (χ0v) is 13.5. The van der Waals surface area contributed by atoms with Crippen molar-refractivity contribution in [2.75, 3.05) is 6.54 Å². The lowest BCUT2D eigenvalue weighted by molar-refractivity contribution is 0.332. The number of rotatable bonds is 6. The van der Waals surface area contributed by atoms with Gasteiger partial charge in [0.05, 0.1) is 4.90 Å². The molecular weight excluding hydrogens is 284 g/mol. The summed E-state index contributed by atoms with van der Waals surface area (Å²) in [6.45, 7) is 2.88. The molecule has 0 radical (unpaired) electrons. The fourth-order valence-corrected chi connectivity index (χ4v) is 4.11. The minimum absolute atomic E-state index is 0.0862. The van der Waals surface area contributed by atoms with E-state index in [9.17, 15) is 8.42 Å². The fourth-order valence-electron chi connectivity index (χ4n) is 2.81. The summed E-state index contributed by atoms with van der Waals surface area (Å²) in [4.78, 5) is 0.359. The van der Waals surface area contributed by atoms with Crippen molar-refractivity contribution in [3.8, 4) is 0 Å². The highest BCUT2D eigenvalue weighted by atomic mass is 32.2. The van der Waals surface area contributed by atoms with E-state index >= 15 is 0 Å². The van der Waals surface area contributed by atoms with Crippen molar-refractivity contribution in [3.05, 3.63) is 29.8 Å². The Morgan fingerprint density at radius 3 is 2.33 bits per heavy atom. The topological polar surface area (TPSA) is 72.2 Å². The number of nitrogens with two attached hydrogens (primary N) is 1. The third-order valence-corrected chi connectivity index (χ3v) is 5.78. The van der Waals surface area contributed by atoms with Crippen LogP contribution in [0, 0.1) is 5.92 Å². The number of hydrogen-bond acceptors (Lipinski definition) is 3. The molecule has 0 unspecified atom stereocenters.